The van der Waals surface area contributed by atoms with Crippen molar-refractivity contribution in [2.75, 3.05) is 0 Å². The van der Waals surface area contributed by atoms with Gasteiger partial charge < -0.3 is 14.8 Å². The number of amides is 1. The van der Waals surface area contributed by atoms with E-state index in [1.54, 1.807) is 19.9 Å². The van der Waals surface area contributed by atoms with Crippen LogP contribution >= 0.6 is 0 Å². The summed E-state index contributed by atoms with van der Waals surface area (Å²) in [6, 6.07) is 6.09. The third-order valence-electron chi connectivity index (χ3n) is 3.08. The normalized spacial score (nSPS) is 12.0. The highest BCUT2D eigenvalue weighted by Crippen LogP contribution is 2.16. The maximum Gasteiger partial charge on any atom is 0.337 e. The van der Waals surface area contributed by atoms with E-state index >= 15 is 0 Å². The summed E-state index contributed by atoms with van der Waals surface area (Å²) in [6.45, 7) is 5.18. The summed E-state index contributed by atoms with van der Waals surface area (Å²) in [5.41, 5.74) is 0.561. The first-order chi connectivity index (χ1) is 9.88. The van der Waals surface area contributed by atoms with Gasteiger partial charge in [-0.1, -0.05) is 0 Å². The monoisotopic (exact) mass is 288 g/mol. The SMILES string of the molecule is Cc1ccc(C(C)NC(=O)c2ccc(C(=O)O)c(C)n2)o1. The lowest BCUT2D eigenvalue weighted by molar-refractivity contribution is 0.0694. The molecule has 0 saturated carbocycles. The molecule has 21 heavy (non-hydrogen) atoms. The number of aromatic nitrogens is 1. The Morgan fingerprint density at radius 2 is 1.95 bits per heavy atom. The molecule has 0 aromatic carbocycles. The Balaban J connectivity index is 2.13. The maximum atomic E-state index is 12.1. The summed E-state index contributed by atoms with van der Waals surface area (Å²) in [5.74, 6) is -0.0198. The third-order valence-corrected chi connectivity index (χ3v) is 3.08. The predicted molar refractivity (Wildman–Crippen MR) is 75.3 cm³/mol. The molecule has 0 fully saturated rings. The number of nitrogens with one attached hydrogen (secondary N) is 1. The fourth-order valence-corrected chi connectivity index (χ4v) is 1.94. The number of carbonyl (C=O) groups excluding carboxylic acids is 1. The molecule has 6 heteroatoms. The zero-order valence-corrected chi connectivity index (χ0v) is 12.0. The van der Waals surface area contributed by atoms with Gasteiger partial charge in [0.25, 0.3) is 5.91 Å². The predicted octanol–water partition coefficient (Wildman–Crippen LogP) is 2.48. The lowest BCUT2D eigenvalue weighted by atomic mass is 10.1. The summed E-state index contributed by atoms with van der Waals surface area (Å²) in [4.78, 5) is 27.0. The minimum absolute atomic E-state index is 0.0845. The highest BCUT2D eigenvalue weighted by molar-refractivity contribution is 5.94. The van der Waals surface area contributed by atoms with E-state index in [0.717, 1.165) is 5.76 Å². The summed E-state index contributed by atoms with van der Waals surface area (Å²) < 4.78 is 5.44. The van der Waals surface area contributed by atoms with E-state index in [2.05, 4.69) is 10.3 Å². The molecule has 110 valence electrons. The van der Waals surface area contributed by atoms with Crippen LogP contribution in [0, 0.1) is 13.8 Å². The van der Waals surface area contributed by atoms with Crippen molar-refractivity contribution in [2.45, 2.75) is 26.8 Å². The largest absolute Gasteiger partial charge is 0.478 e. The number of aromatic carboxylic acids is 1. The van der Waals surface area contributed by atoms with Gasteiger partial charge in [0, 0.05) is 0 Å². The Bertz CT molecular complexity index is 691. The van der Waals surface area contributed by atoms with Gasteiger partial charge in [-0.2, -0.15) is 0 Å². The Morgan fingerprint density at radius 3 is 2.48 bits per heavy atom. The molecule has 0 aliphatic heterocycles. The van der Waals surface area contributed by atoms with E-state index in [0.29, 0.717) is 11.5 Å². The number of nitrogens with zero attached hydrogens (tertiary/aromatic N) is 1. The fourth-order valence-electron chi connectivity index (χ4n) is 1.94. The van der Waals surface area contributed by atoms with Crippen LogP contribution in [0.25, 0.3) is 0 Å². The Labute approximate surface area is 121 Å². The number of furan rings is 1. The highest BCUT2D eigenvalue weighted by atomic mass is 16.4. The van der Waals surface area contributed by atoms with Crippen LogP contribution in [0.4, 0.5) is 0 Å². The molecular weight excluding hydrogens is 272 g/mol. The number of hydrogen-bond donors (Lipinski definition) is 2. The molecule has 0 aliphatic rings. The van der Waals surface area contributed by atoms with Crippen molar-refractivity contribution in [2.24, 2.45) is 0 Å². The van der Waals surface area contributed by atoms with Gasteiger partial charge in [-0.25, -0.2) is 9.78 Å². The molecule has 2 N–H and O–H groups in total. The van der Waals surface area contributed by atoms with Crippen molar-refractivity contribution in [3.8, 4) is 0 Å². The third kappa shape index (κ3) is 3.28. The highest BCUT2D eigenvalue weighted by Gasteiger charge is 2.17. The number of carbonyl (C=O) groups is 2. The number of carboxylic acid groups (broad SMARTS) is 1. The van der Waals surface area contributed by atoms with E-state index in [4.69, 9.17) is 9.52 Å². The van der Waals surface area contributed by atoms with E-state index in [1.165, 1.54) is 12.1 Å². The van der Waals surface area contributed by atoms with Crippen LogP contribution in [-0.4, -0.2) is 22.0 Å². The van der Waals surface area contributed by atoms with Gasteiger partial charge in [-0.3, -0.25) is 4.79 Å². The van der Waals surface area contributed by atoms with Crippen molar-refractivity contribution in [1.29, 1.82) is 0 Å². The van der Waals surface area contributed by atoms with Crippen LogP contribution in [-0.2, 0) is 0 Å². The maximum absolute atomic E-state index is 12.1. The van der Waals surface area contributed by atoms with Gasteiger partial charge in [0.05, 0.1) is 17.3 Å². The second-order valence-corrected chi connectivity index (χ2v) is 4.78. The van der Waals surface area contributed by atoms with Crippen molar-refractivity contribution in [3.63, 3.8) is 0 Å². The number of pyridine rings is 1. The van der Waals surface area contributed by atoms with Gasteiger partial charge in [-0.15, -0.1) is 0 Å². The molecule has 6 nitrogen and oxygen atoms in total. The second kappa shape index (κ2) is 5.78. The summed E-state index contributed by atoms with van der Waals surface area (Å²) in [7, 11) is 0. The first-order valence-corrected chi connectivity index (χ1v) is 6.46. The van der Waals surface area contributed by atoms with Crippen molar-refractivity contribution in [3.05, 3.63) is 52.7 Å². The van der Waals surface area contributed by atoms with Gasteiger partial charge >= 0.3 is 5.97 Å². The topological polar surface area (TPSA) is 92.4 Å². The summed E-state index contributed by atoms with van der Waals surface area (Å²) >= 11 is 0. The standard InChI is InChI=1S/C15H16N2O4/c1-8-4-7-13(21-8)10(3)17-14(18)12-6-5-11(15(19)20)9(2)16-12/h4-7,10H,1-3H3,(H,17,18)(H,19,20). The molecule has 1 amide bonds. The molecule has 0 bridgehead atoms. The van der Waals surface area contributed by atoms with E-state index in [1.807, 2.05) is 13.0 Å². The number of carboxylic acids is 1. The molecule has 2 rings (SSSR count). The molecule has 0 spiro atoms. The average Bonchev–Trinajstić information content (AvgIpc) is 2.84. The quantitative estimate of drug-likeness (QED) is 0.901. The van der Waals surface area contributed by atoms with Crippen molar-refractivity contribution < 1.29 is 19.1 Å². The molecule has 0 radical (unpaired) electrons. The molecule has 0 saturated heterocycles. The van der Waals surface area contributed by atoms with Gasteiger partial charge in [0.1, 0.15) is 17.2 Å². The van der Waals surface area contributed by atoms with E-state index in [-0.39, 0.29) is 23.2 Å². The molecule has 2 aromatic heterocycles. The first kappa shape index (κ1) is 14.8. The smallest absolute Gasteiger partial charge is 0.337 e. The fraction of sp³-hybridized carbons (Fsp3) is 0.267. The van der Waals surface area contributed by atoms with Crippen LogP contribution in [0.3, 0.4) is 0 Å². The second-order valence-electron chi connectivity index (χ2n) is 4.78. The molecule has 0 aliphatic carbocycles. The average molecular weight is 288 g/mol. The van der Waals surface area contributed by atoms with E-state index in [9.17, 15) is 9.59 Å². The zero-order valence-electron chi connectivity index (χ0n) is 12.0. The minimum atomic E-state index is -1.06. The molecule has 1 atom stereocenters. The Hall–Kier alpha value is -2.63. The Morgan fingerprint density at radius 1 is 1.24 bits per heavy atom. The van der Waals surface area contributed by atoms with Crippen LogP contribution < -0.4 is 5.32 Å². The van der Waals surface area contributed by atoms with Gasteiger partial charge in [0.2, 0.25) is 0 Å². The minimum Gasteiger partial charge on any atom is -0.478 e. The first-order valence-electron chi connectivity index (χ1n) is 6.46. The van der Waals surface area contributed by atoms with Gasteiger partial charge in [0.15, 0.2) is 0 Å². The Kier molecular flexibility index (Phi) is 4.07. The molecule has 1 unspecified atom stereocenters. The number of aryl methyl sites for hydroxylation is 2. The van der Waals surface area contributed by atoms with Crippen LogP contribution in [0.15, 0.2) is 28.7 Å². The molecular formula is C15H16N2O4. The summed E-state index contributed by atoms with van der Waals surface area (Å²) in [5, 5.41) is 11.7. The lowest BCUT2D eigenvalue weighted by Crippen LogP contribution is -2.27. The number of rotatable bonds is 4. The van der Waals surface area contributed by atoms with E-state index < -0.39 is 5.97 Å². The van der Waals surface area contributed by atoms with Crippen LogP contribution in [0.1, 0.15) is 51.0 Å². The summed E-state index contributed by atoms with van der Waals surface area (Å²) in [6.07, 6.45) is 0. The van der Waals surface area contributed by atoms with Crippen molar-refractivity contribution in [1.82, 2.24) is 10.3 Å². The van der Waals surface area contributed by atoms with Crippen LogP contribution in [0.5, 0.6) is 0 Å². The molecule has 2 aromatic rings. The lowest BCUT2D eigenvalue weighted by Gasteiger charge is -2.11. The molecule has 2 heterocycles. The number of hydrogen-bond acceptors (Lipinski definition) is 4. The van der Waals surface area contributed by atoms with Crippen molar-refractivity contribution >= 4 is 11.9 Å². The zero-order chi connectivity index (χ0) is 15.6. The van der Waals surface area contributed by atoms with Gasteiger partial charge in [-0.05, 0) is 45.0 Å². The van der Waals surface area contributed by atoms with Crippen LogP contribution in [0.2, 0.25) is 0 Å².